The molecule has 1 saturated heterocycles. The van der Waals surface area contributed by atoms with Crippen LogP contribution in [0.4, 0.5) is 5.82 Å². The van der Waals surface area contributed by atoms with Crippen molar-refractivity contribution in [2.75, 3.05) is 18.0 Å². The number of hydrogen-bond donors (Lipinski definition) is 1. The summed E-state index contributed by atoms with van der Waals surface area (Å²) in [4.78, 5) is 6.64. The van der Waals surface area contributed by atoms with Gasteiger partial charge in [-0.1, -0.05) is 6.07 Å². The summed E-state index contributed by atoms with van der Waals surface area (Å²) >= 11 is 0. The fourth-order valence-corrected chi connectivity index (χ4v) is 2.52. The Balaban J connectivity index is 1.59. The van der Waals surface area contributed by atoms with E-state index in [0.717, 1.165) is 24.9 Å². The van der Waals surface area contributed by atoms with Crippen LogP contribution in [0.15, 0.2) is 18.2 Å². The van der Waals surface area contributed by atoms with E-state index in [0.29, 0.717) is 11.7 Å². The topological polar surface area (TPSA) is 52.0 Å². The number of hydrogen-bond acceptors (Lipinski definition) is 4. The van der Waals surface area contributed by atoms with E-state index in [1.807, 2.05) is 12.1 Å². The van der Waals surface area contributed by atoms with Crippen molar-refractivity contribution in [2.24, 2.45) is 0 Å². The van der Waals surface area contributed by atoms with Crippen LogP contribution in [-0.2, 0) is 0 Å². The molecule has 2 aliphatic rings. The first kappa shape index (κ1) is 11.5. The number of aromatic nitrogens is 1. The van der Waals surface area contributed by atoms with Crippen molar-refractivity contribution in [3.05, 3.63) is 23.9 Å². The smallest absolute Gasteiger partial charge is 0.142 e. The lowest BCUT2D eigenvalue weighted by atomic mass is 10.0. The SMILES string of the molecule is N#Cc1cccc(N2CCC(NC3CC3)CC2)n1. The number of rotatable bonds is 3. The van der Waals surface area contributed by atoms with Gasteiger partial charge in [0, 0.05) is 25.2 Å². The van der Waals surface area contributed by atoms with Crippen LogP contribution in [-0.4, -0.2) is 30.2 Å². The van der Waals surface area contributed by atoms with Gasteiger partial charge in [-0.25, -0.2) is 4.98 Å². The van der Waals surface area contributed by atoms with Gasteiger partial charge in [0.15, 0.2) is 0 Å². The maximum absolute atomic E-state index is 8.87. The first-order valence-electron chi connectivity index (χ1n) is 6.73. The summed E-state index contributed by atoms with van der Waals surface area (Å²) in [7, 11) is 0. The van der Waals surface area contributed by atoms with E-state index in [9.17, 15) is 0 Å². The van der Waals surface area contributed by atoms with Gasteiger partial charge in [0.1, 0.15) is 17.6 Å². The van der Waals surface area contributed by atoms with E-state index in [1.165, 1.54) is 25.7 Å². The Hall–Kier alpha value is -1.60. The van der Waals surface area contributed by atoms with Crippen molar-refractivity contribution < 1.29 is 0 Å². The summed E-state index contributed by atoms with van der Waals surface area (Å²) in [6.07, 6.45) is 5.06. The quantitative estimate of drug-likeness (QED) is 0.876. The van der Waals surface area contributed by atoms with E-state index in [1.54, 1.807) is 6.07 Å². The zero-order chi connectivity index (χ0) is 12.4. The molecule has 0 spiro atoms. The van der Waals surface area contributed by atoms with Crippen LogP contribution in [0.25, 0.3) is 0 Å². The molecule has 0 radical (unpaired) electrons. The molecule has 0 atom stereocenters. The molecule has 1 aliphatic carbocycles. The number of anilines is 1. The maximum Gasteiger partial charge on any atom is 0.142 e. The molecule has 0 bridgehead atoms. The van der Waals surface area contributed by atoms with Crippen molar-refractivity contribution in [3.63, 3.8) is 0 Å². The van der Waals surface area contributed by atoms with Crippen molar-refractivity contribution in [2.45, 2.75) is 37.8 Å². The van der Waals surface area contributed by atoms with Gasteiger partial charge in [-0.2, -0.15) is 5.26 Å². The Morgan fingerprint density at radius 2 is 1.89 bits per heavy atom. The highest BCUT2D eigenvalue weighted by Gasteiger charge is 2.27. The van der Waals surface area contributed by atoms with Gasteiger partial charge >= 0.3 is 0 Å². The van der Waals surface area contributed by atoms with Crippen LogP contribution in [0.2, 0.25) is 0 Å². The molecule has 0 unspecified atom stereocenters. The lowest BCUT2D eigenvalue weighted by Crippen LogP contribution is -2.43. The van der Waals surface area contributed by atoms with E-state index in [2.05, 4.69) is 21.3 Å². The minimum atomic E-state index is 0.505. The Kier molecular flexibility index (Phi) is 3.16. The largest absolute Gasteiger partial charge is 0.356 e. The molecule has 0 aromatic carbocycles. The predicted molar refractivity (Wildman–Crippen MR) is 70.3 cm³/mol. The van der Waals surface area contributed by atoms with E-state index < -0.39 is 0 Å². The zero-order valence-corrected chi connectivity index (χ0v) is 10.5. The third kappa shape index (κ3) is 2.62. The van der Waals surface area contributed by atoms with E-state index in [-0.39, 0.29) is 0 Å². The molecule has 4 nitrogen and oxygen atoms in total. The summed E-state index contributed by atoms with van der Waals surface area (Å²) in [6, 6.07) is 9.23. The standard InChI is InChI=1S/C14H18N4/c15-10-13-2-1-3-14(17-13)18-8-6-12(7-9-18)16-11-4-5-11/h1-3,11-12,16H,4-9H2. The van der Waals surface area contributed by atoms with Crippen LogP contribution < -0.4 is 10.2 Å². The molecule has 2 heterocycles. The minimum Gasteiger partial charge on any atom is -0.356 e. The van der Waals surface area contributed by atoms with Crippen LogP contribution >= 0.6 is 0 Å². The first-order chi connectivity index (χ1) is 8.85. The van der Waals surface area contributed by atoms with Crippen LogP contribution in [0.1, 0.15) is 31.4 Å². The molecule has 2 fully saturated rings. The average molecular weight is 242 g/mol. The van der Waals surface area contributed by atoms with Gasteiger partial charge in [-0.05, 0) is 37.8 Å². The Bertz CT molecular complexity index is 453. The molecule has 1 saturated carbocycles. The molecule has 94 valence electrons. The van der Waals surface area contributed by atoms with E-state index in [4.69, 9.17) is 5.26 Å². The maximum atomic E-state index is 8.87. The van der Waals surface area contributed by atoms with Gasteiger partial charge in [0.2, 0.25) is 0 Å². The lowest BCUT2D eigenvalue weighted by molar-refractivity contribution is 0.411. The molecule has 4 heteroatoms. The Labute approximate surface area is 108 Å². The Morgan fingerprint density at radius 1 is 1.17 bits per heavy atom. The number of nitrogens with zero attached hydrogens (tertiary/aromatic N) is 3. The van der Waals surface area contributed by atoms with Gasteiger partial charge in [0.05, 0.1) is 0 Å². The lowest BCUT2D eigenvalue weighted by Gasteiger charge is -2.33. The van der Waals surface area contributed by atoms with Crippen LogP contribution in [0, 0.1) is 11.3 Å². The van der Waals surface area contributed by atoms with Gasteiger partial charge in [0.25, 0.3) is 0 Å². The monoisotopic (exact) mass is 242 g/mol. The minimum absolute atomic E-state index is 0.505. The number of nitrogens with one attached hydrogen (secondary N) is 1. The molecule has 18 heavy (non-hydrogen) atoms. The highest BCUT2D eigenvalue weighted by molar-refractivity contribution is 5.42. The second-order valence-electron chi connectivity index (χ2n) is 5.20. The molecule has 1 aromatic rings. The van der Waals surface area contributed by atoms with Gasteiger partial charge < -0.3 is 10.2 Å². The zero-order valence-electron chi connectivity index (χ0n) is 10.5. The molecular formula is C14H18N4. The molecular weight excluding hydrogens is 224 g/mol. The first-order valence-corrected chi connectivity index (χ1v) is 6.73. The summed E-state index contributed by atoms with van der Waals surface area (Å²) < 4.78 is 0. The number of pyridine rings is 1. The van der Waals surface area contributed by atoms with Crippen LogP contribution in [0.3, 0.4) is 0 Å². The third-order valence-electron chi connectivity index (χ3n) is 3.72. The van der Waals surface area contributed by atoms with E-state index >= 15 is 0 Å². The molecule has 1 aromatic heterocycles. The molecule has 3 rings (SSSR count). The summed E-state index contributed by atoms with van der Waals surface area (Å²) in [5.74, 6) is 0.943. The van der Waals surface area contributed by atoms with Gasteiger partial charge in [-0.3, -0.25) is 0 Å². The second kappa shape index (κ2) is 4.95. The third-order valence-corrected chi connectivity index (χ3v) is 3.72. The van der Waals surface area contributed by atoms with Crippen LogP contribution in [0.5, 0.6) is 0 Å². The van der Waals surface area contributed by atoms with Crippen molar-refractivity contribution in [1.82, 2.24) is 10.3 Å². The van der Waals surface area contributed by atoms with Crippen molar-refractivity contribution in [1.29, 1.82) is 5.26 Å². The molecule has 0 amide bonds. The average Bonchev–Trinajstić information content (AvgIpc) is 3.24. The normalized spacial score (nSPS) is 20.7. The summed E-state index contributed by atoms with van der Waals surface area (Å²) in [5.41, 5.74) is 0.505. The molecule has 1 N–H and O–H groups in total. The summed E-state index contributed by atoms with van der Waals surface area (Å²) in [5, 5.41) is 12.6. The fourth-order valence-electron chi connectivity index (χ4n) is 2.52. The Morgan fingerprint density at radius 3 is 2.56 bits per heavy atom. The van der Waals surface area contributed by atoms with Gasteiger partial charge in [-0.15, -0.1) is 0 Å². The second-order valence-corrected chi connectivity index (χ2v) is 5.20. The molecule has 1 aliphatic heterocycles. The highest BCUT2D eigenvalue weighted by atomic mass is 15.2. The van der Waals surface area contributed by atoms with Crippen molar-refractivity contribution in [3.8, 4) is 6.07 Å². The fraction of sp³-hybridized carbons (Fsp3) is 0.571. The summed E-state index contributed by atoms with van der Waals surface area (Å²) in [6.45, 7) is 2.07. The highest BCUT2D eigenvalue weighted by Crippen LogP contribution is 2.23. The predicted octanol–water partition coefficient (Wildman–Crippen LogP) is 1.67. The number of piperidine rings is 1. The number of nitriles is 1. The van der Waals surface area contributed by atoms with Crippen molar-refractivity contribution >= 4 is 5.82 Å².